The third-order valence-corrected chi connectivity index (χ3v) is 4.19. The molecule has 3 rings (SSSR count). The molecule has 0 saturated carbocycles. The number of ether oxygens (including phenoxy) is 1. The van der Waals surface area contributed by atoms with Gasteiger partial charge < -0.3 is 19.6 Å². The monoisotopic (exact) mass is 303 g/mol. The summed E-state index contributed by atoms with van der Waals surface area (Å²) in [5, 5.41) is 13.9. The highest BCUT2D eigenvalue weighted by molar-refractivity contribution is 5.95. The number of para-hydroxylation sites is 1. The normalized spacial score (nSPS) is 17.5. The van der Waals surface area contributed by atoms with Gasteiger partial charge in [-0.25, -0.2) is 0 Å². The standard InChI is InChI=1S/C17H21NO4/c19-14(12-6-9-21-10-7-12)5-8-18-17(20)16-11-13-3-1-2-4-15(13)22-16/h1-4,11-12,14,19H,5-10H2,(H,18,20)/t14-/m0/s1. The summed E-state index contributed by atoms with van der Waals surface area (Å²) >= 11 is 0. The SMILES string of the molecule is O=C(NCC[C@H](O)C1CCOCC1)c1cc2ccccc2o1. The Morgan fingerprint density at radius 2 is 2.09 bits per heavy atom. The first-order valence-electron chi connectivity index (χ1n) is 7.76. The average Bonchev–Trinajstić information content (AvgIpc) is 2.99. The van der Waals surface area contributed by atoms with E-state index in [-0.39, 0.29) is 17.9 Å². The number of carbonyl (C=O) groups is 1. The lowest BCUT2D eigenvalue weighted by molar-refractivity contribution is 0.00525. The number of nitrogens with one attached hydrogen (secondary N) is 1. The predicted molar refractivity (Wildman–Crippen MR) is 82.7 cm³/mol. The lowest BCUT2D eigenvalue weighted by Gasteiger charge is -2.26. The number of carbonyl (C=O) groups excluding carboxylic acids is 1. The summed E-state index contributed by atoms with van der Waals surface area (Å²) in [6.45, 7) is 1.87. The van der Waals surface area contributed by atoms with E-state index >= 15 is 0 Å². The molecule has 5 nitrogen and oxygen atoms in total. The van der Waals surface area contributed by atoms with Crippen LogP contribution in [0.25, 0.3) is 11.0 Å². The van der Waals surface area contributed by atoms with Gasteiger partial charge in [-0.1, -0.05) is 18.2 Å². The number of hydrogen-bond donors (Lipinski definition) is 2. The molecule has 2 aromatic rings. The third kappa shape index (κ3) is 3.48. The molecule has 0 bridgehead atoms. The van der Waals surface area contributed by atoms with Crippen molar-refractivity contribution in [2.24, 2.45) is 5.92 Å². The summed E-state index contributed by atoms with van der Waals surface area (Å²) in [5.74, 6) is 0.342. The van der Waals surface area contributed by atoms with E-state index in [4.69, 9.17) is 9.15 Å². The van der Waals surface area contributed by atoms with Crippen LogP contribution in [-0.4, -0.2) is 36.9 Å². The molecule has 1 fully saturated rings. The fraction of sp³-hybridized carbons (Fsp3) is 0.471. The molecule has 1 aromatic heterocycles. The molecular weight excluding hydrogens is 282 g/mol. The Hall–Kier alpha value is -1.85. The Balaban J connectivity index is 1.49. The smallest absolute Gasteiger partial charge is 0.287 e. The molecule has 2 heterocycles. The second-order valence-corrected chi connectivity index (χ2v) is 5.71. The molecule has 0 unspecified atom stereocenters. The molecule has 0 radical (unpaired) electrons. The maximum atomic E-state index is 12.1. The van der Waals surface area contributed by atoms with Crippen LogP contribution in [-0.2, 0) is 4.74 Å². The summed E-state index contributed by atoms with van der Waals surface area (Å²) in [4.78, 5) is 12.1. The Bertz CT molecular complexity index is 597. The van der Waals surface area contributed by atoms with E-state index in [9.17, 15) is 9.90 Å². The number of fused-ring (bicyclic) bond motifs is 1. The number of benzene rings is 1. The van der Waals surface area contributed by atoms with Gasteiger partial charge in [0.2, 0.25) is 0 Å². The molecule has 0 aliphatic carbocycles. The van der Waals surface area contributed by atoms with Crippen molar-refractivity contribution in [2.45, 2.75) is 25.4 Å². The zero-order valence-electron chi connectivity index (χ0n) is 12.5. The van der Waals surface area contributed by atoms with Gasteiger partial charge in [-0.05, 0) is 37.3 Å². The van der Waals surface area contributed by atoms with Crippen molar-refractivity contribution in [3.63, 3.8) is 0 Å². The number of aliphatic hydroxyl groups excluding tert-OH is 1. The van der Waals surface area contributed by atoms with E-state index < -0.39 is 0 Å². The molecule has 1 saturated heterocycles. The Labute approximate surface area is 129 Å². The number of aliphatic hydroxyl groups is 1. The largest absolute Gasteiger partial charge is 0.451 e. The molecule has 1 aliphatic rings. The lowest BCUT2D eigenvalue weighted by Crippen LogP contribution is -2.32. The first-order valence-corrected chi connectivity index (χ1v) is 7.76. The maximum absolute atomic E-state index is 12.1. The molecule has 118 valence electrons. The van der Waals surface area contributed by atoms with E-state index in [1.165, 1.54) is 0 Å². The first kappa shape index (κ1) is 15.1. The van der Waals surface area contributed by atoms with Crippen LogP contribution in [0.15, 0.2) is 34.7 Å². The minimum atomic E-state index is -0.389. The molecule has 22 heavy (non-hydrogen) atoms. The quantitative estimate of drug-likeness (QED) is 0.889. The highest BCUT2D eigenvalue weighted by Crippen LogP contribution is 2.21. The van der Waals surface area contributed by atoms with Crippen LogP contribution >= 0.6 is 0 Å². The van der Waals surface area contributed by atoms with Crippen LogP contribution in [0.5, 0.6) is 0 Å². The van der Waals surface area contributed by atoms with Crippen molar-refractivity contribution in [3.05, 3.63) is 36.1 Å². The zero-order valence-corrected chi connectivity index (χ0v) is 12.5. The van der Waals surface area contributed by atoms with E-state index in [1.807, 2.05) is 24.3 Å². The Morgan fingerprint density at radius 3 is 2.86 bits per heavy atom. The van der Waals surface area contributed by atoms with Crippen LogP contribution in [0, 0.1) is 5.92 Å². The summed E-state index contributed by atoms with van der Waals surface area (Å²) in [6.07, 6.45) is 1.94. The van der Waals surface area contributed by atoms with Crippen molar-refractivity contribution in [1.82, 2.24) is 5.32 Å². The van der Waals surface area contributed by atoms with E-state index in [0.717, 1.165) is 18.2 Å². The topological polar surface area (TPSA) is 71.7 Å². The Morgan fingerprint density at radius 1 is 1.32 bits per heavy atom. The molecule has 2 N–H and O–H groups in total. The fourth-order valence-electron chi connectivity index (χ4n) is 2.85. The van der Waals surface area contributed by atoms with Gasteiger partial charge in [0.15, 0.2) is 5.76 Å². The van der Waals surface area contributed by atoms with Gasteiger partial charge in [0.05, 0.1) is 6.10 Å². The molecule has 1 atom stereocenters. The number of amides is 1. The van der Waals surface area contributed by atoms with Gasteiger partial charge in [0.1, 0.15) is 5.58 Å². The van der Waals surface area contributed by atoms with E-state index in [2.05, 4.69) is 5.32 Å². The number of rotatable bonds is 5. The van der Waals surface area contributed by atoms with Gasteiger partial charge in [0, 0.05) is 25.1 Å². The maximum Gasteiger partial charge on any atom is 0.287 e. The van der Waals surface area contributed by atoms with Crippen LogP contribution in [0.3, 0.4) is 0 Å². The summed E-state index contributed by atoms with van der Waals surface area (Å²) in [5.41, 5.74) is 0.704. The van der Waals surface area contributed by atoms with Crippen LogP contribution < -0.4 is 5.32 Å². The van der Waals surface area contributed by atoms with Crippen LogP contribution in [0.2, 0.25) is 0 Å². The molecule has 1 amide bonds. The van der Waals surface area contributed by atoms with E-state index in [0.29, 0.717) is 37.5 Å². The van der Waals surface area contributed by atoms with Gasteiger partial charge in [-0.15, -0.1) is 0 Å². The minimum absolute atomic E-state index is 0.240. The van der Waals surface area contributed by atoms with Crippen molar-refractivity contribution in [1.29, 1.82) is 0 Å². The van der Waals surface area contributed by atoms with Gasteiger partial charge >= 0.3 is 0 Å². The highest BCUT2D eigenvalue weighted by Gasteiger charge is 2.22. The van der Waals surface area contributed by atoms with Crippen molar-refractivity contribution in [2.75, 3.05) is 19.8 Å². The molecule has 1 aromatic carbocycles. The zero-order chi connectivity index (χ0) is 15.4. The van der Waals surface area contributed by atoms with Gasteiger partial charge in [-0.2, -0.15) is 0 Å². The number of furan rings is 1. The van der Waals surface area contributed by atoms with Gasteiger partial charge in [0.25, 0.3) is 5.91 Å². The van der Waals surface area contributed by atoms with Gasteiger partial charge in [-0.3, -0.25) is 4.79 Å². The first-order chi connectivity index (χ1) is 10.7. The summed E-state index contributed by atoms with van der Waals surface area (Å²) in [7, 11) is 0. The van der Waals surface area contributed by atoms with Crippen LogP contribution in [0.4, 0.5) is 0 Å². The Kier molecular flexibility index (Phi) is 4.75. The lowest BCUT2D eigenvalue weighted by atomic mass is 9.92. The third-order valence-electron chi connectivity index (χ3n) is 4.19. The van der Waals surface area contributed by atoms with Crippen molar-refractivity contribution in [3.8, 4) is 0 Å². The second-order valence-electron chi connectivity index (χ2n) is 5.71. The molecule has 1 aliphatic heterocycles. The summed E-state index contributed by atoms with van der Waals surface area (Å²) in [6, 6.07) is 9.26. The van der Waals surface area contributed by atoms with Crippen molar-refractivity contribution >= 4 is 16.9 Å². The average molecular weight is 303 g/mol. The molecular formula is C17H21NO4. The summed E-state index contributed by atoms with van der Waals surface area (Å²) < 4.78 is 10.8. The highest BCUT2D eigenvalue weighted by atomic mass is 16.5. The molecule has 5 heteroatoms. The fourth-order valence-corrected chi connectivity index (χ4v) is 2.85. The van der Waals surface area contributed by atoms with E-state index in [1.54, 1.807) is 6.07 Å². The molecule has 0 spiro atoms. The van der Waals surface area contributed by atoms with Crippen molar-refractivity contribution < 1.29 is 19.1 Å². The second kappa shape index (κ2) is 6.94. The minimum Gasteiger partial charge on any atom is -0.451 e. The van der Waals surface area contributed by atoms with Crippen LogP contribution in [0.1, 0.15) is 29.8 Å². The number of hydrogen-bond acceptors (Lipinski definition) is 4. The predicted octanol–water partition coefficient (Wildman–Crippen LogP) is 2.34.